The highest BCUT2D eigenvalue weighted by molar-refractivity contribution is 7.00. The Balaban J connectivity index is 0.656. The molecule has 4 aliphatic rings. The van der Waals surface area contributed by atoms with Crippen LogP contribution < -0.4 is 42.3 Å². The van der Waals surface area contributed by atoms with Crippen molar-refractivity contribution >= 4 is 89.8 Å². The number of fused-ring (bicyclic) bond motifs is 14. The van der Waals surface area contributed by atoms with E-state index in [2.05, 4.69) is 380 Å². The third-order valence-electron chi connectivity index (χ3n) is 24.8. The molecule has 0 unspecified atom stereocenters. The van der Waals surface area contributed by atoms with E-state index >= 15 is 0 Å². The molecule has 0 N–H and O–H groups in total. The van der Waals surface area contributed by atoms with Gasteiger partial charge in [0.05, 0.1) is 11.0 Å². The van der Waals surface area contributed by atoms with Crippen LogP contribution in [-0.2, 0) is 11.8 Å². The van der Waals surface area contributed by atoms with E-state index in [1.807, 2.05) is 0 Å². The molecule has 0 amide bonds. The number of benzene rings is 16. The predicted molar refractivity (Wildman–Crippen MR) is 473 cm³/mol. The van der Waals surface area contributed by atoms with Crippen LogP contribution in [0.3, 0.4) is 0 Å². The fourth-order valence-electron chi connectivity index (χ4n) is 20.0. The second-order valence-corrected chi connectivity index (χ2v) is 33.0. The summed E-state index contributed by atoms with van der Waals surface area (Å²) >= 11 is 0. The largest absolute Gasteiger partial charge is 0.458 e. The molecule has 22 rings (SSSR count). The molecule has 4 aliphatic heterocycles. The molecule has 0 saturated heterocycles. The van der Waals surface area contributed by atoms with Gasteiger partial charge in [0.15, 0.2) is 0 Å². The van der Waals surface area contributed by atoms with Gasteiger partial charge >= 0.3 is 0 Å². The second-order valence-electron chi connectivity index (χ2n) is 33.0. The monoisotopic (exact) mass is 1430 g/mol. The van der Waals surface area contributed by atoms with Crippen LogP contribution in [0.25, 0.3) is 144 Å². The highest BCUT2D eigenvalue weighted by Gasteiger charge is 2.44. The van der Waals surface area contributed by atoms with Gasteiger partial charge in [-0.15, -0.1) is 0 Å². The zero-order chi connectivity index (χ0) is 75.1. The van der Waals surface area contributed by atoms with Crippen molar-refractivity contribution in [2.75, 3.05) is 0 Å². The Morgan fingerprint density at radius 2 is 0.696 bits per heavy atom. The van der Waals surface area contributed by atoms with Crippen LogP contribution >= 0.6 is 0 Å². The number of rotatable bonds is 10. The Kier molecular flexibility index (Phi) is 14.7. The van der Waals surface area contributed by atoms with E-state index in [4.69, 9.17) is 9.47 Å². The first-order valence-corrected chi connectivity index (χ1v) is 39.5. The molecule has 0 fully saturated rings. The number of nitrogens with zero attached hydrogens (tertiary/aromatic N) is 2. The summed E-state index contributed by atoms with van der Waals surface area (Å²) in [7, 11) is 0. The summed E-state index contributed by atoms with van der Waals surface area (Å²) < 4.78 is 19.8. The van der Waals surface area contributed by atoms with Crippen molar-refractivity contribution in [3.05, 3.63) is 360 Å². The first-order chi connectivity index (χ1) is 54.7. The number of aryl methyl sites for hydroxylation is 5. The Bertz CT molecular complexity index is 7010. The molecule has 4 nitrogen and oxygen atoms in total. The smallest absolute Gasteiger partial charge is 0.256 e. The summed E-state index contributed by atoms with van der Waals surface area (Å²) in [6.07, 6.45) is 0.788. The highest BCUT2D eigenvalue weighted by atomic mass is 16.5. The summed E-state index contributed by atoms with van der Waals surface area (Å²) in [4.78, 5) is 0. The van der Waals surface area contributed by atoms with Crippen LogP contribution in [0.1, 0.15) is 65.3 Å². The van der Waals surface area contributed by atoms with Gasteiger partial charge in [0.25, 0.3) is 13.4 Å². The maximum Gasteiger partial charge on any atom is 0.256 e. The van der Waals surface area contributed by atoms with Gasteiger partial charge in [-0.3, -0.25) is 0 Å². The molecule has 16 aromatic carbocycles. The van der Waals surface area contributed by atoms with Gasteiger partial charge in [-0.1, -0.05) is 269 Å². The van der Waals surface area contributed by atoms with Crippen molar-refractivity contribution in [3.63, 3.8) is 0 Å². The first kappa shape index (κ1) is 65.9. The van der Waals surface area contributed by atoms with Crippen LogP contribution in [0.4, 0.5) is 0 Å². The van der Waals surface area contributed by atoms with Crippen LogP contribution in [0.15, 0.2) is 315 Å². The van der Waals surface area contributed by atoms with Gasteiger partial charge in [0.1, 0.15) is 23.0 Å². The number of hydrogen-bond donors (Lipinski definition) is 0. The lowest BCUT2D eigenvalue weighted by molar-refractivity contribution is 0.483. The minimum Gasteiger partial charge on any atom is -0.458 e. The highest BCUT2D eigenvalue weighted by Crippen LogP contribution is 2.48. The average molecular weight is 1430 g/mol. The Morgan fingerprint density at radius 3 is 1.21 bits per heavy atom. The van der Waals surface area contributed by atoms with Gasteiger partial charge < -0.3 is 18.6 Å². The molecule has 6 heterocycles. The molecule has 0 atom stereocenters. The van der Waals surface area contributed by atoms with Crippen LogP contribution in [0.2, 0.25) is 0 Å². The van der Waals surface area contributed by atoms with Crippen molar-refractivity contribution in [2.24, 2.45) is 0 Å². The van der Waals surface area contributed by atoms with E-state index in [1.165, 1.54) is 199 Å². The summed E-state index contributed by atoms with van der Waals surface area (Å²) in [6, 6.07) is 119. The van der Waals surface area contributed by atoms with E-state index < -0.39 is 0 Å². The fraction of sp³-hybridized carbons (Fsp3) is 0.0943. The molecule has 0 spiro atoms. The normalized spacial score (nSPS) is 12.8. The van der Waals surface area contributed by atoms with Crippen molar-refractivity contribution in [1.29, 1.82) is 0 Å². The molecule has 2 aromatic heterocycles. The summed E-state index contributed by atoms with van der Waals surface area (Å²) in [5.74, 6) is 3.63. The lowest BCUT2D eigenvalue weighted by atomic mass is 9.34. The van der Waals surface area contributed by atoms with Gasteiger partial charge in [0, 0.05) is 44.0 Å². The minimum absolute atomic E-state index is 0.0866. The first-order valence-electron chi connectivity index (χ1n) is 39.5. The van der Waals surface area contributed by atoms with E-state index in [0.29, 0.717) is 0 Å². The average Bonchev–Trinajstić information content (AvgIpc) is 1.44. The molecule has 0 aliphatic carbocycles. The second kappa shape index (κ2) is 24.9. The minimum atomic E-state index is -0.125. The molecule has 18 aromatic rings. The topological polar surface area (TPSA) is 28.3 Å². The molecule has 6 heteroatoms. The molecule has 530 valence electrons. The van der Waals surface area contributed by atoms with E-state index in [9.17, 15) is 0 Å². The Hall–Kier alpha value is -13.2. The molecular formula is C106H78B2N2O2. The van der Waals surface area contributed by atoms with E-state index in [-0.39, 0.29) is 18.8 Å². The Labute approximate surface area is 654 Å². The van der Waals surface area contributed by atoms with E-state index in [1.54, 1.807) is 0 Å². The van der Waals surface area contributed by atoms with E-state index in [0.717, 1.165) is 51.7 Å². The SMILES string of the molecule is Cc1cc(C)c(-c2ccc3c(c2)B2c4c(cc(-c5ccccc5-c5ccccc5)cc4-n4c5ccc(-c6cccc(Cc7cc(C)c(-c8ccc9c(c8)B8c%10c(cc(C(C)(C)C)cc%10-n%10c%11ccc(-c%12ccccc%12)cc%11c%11cc(-c%12ccccc%12)cc8c%11%10)O9)c(C)c7)c6)cc5c5cc(-c6ccccc6)cc2c54)O3)c(C)c1. The number of hydrogen-bond acceptors (Lipinski definition) is 2. The van der Waals surface area contributed by atoms with Crippen molar-refractivity contribution in [3.8, 4) is 123 Å². The van der Waals surface area contributed by atoms with Crippen LogP contribution in [-0.4, -0.2) is 22.6 Å². The summed E-state index contributed by atoms with van der Waals surface area (Å²) in [6.45, 7) is 18.0. The van der Waals surface area contributed by atoms with Crippen molar-refractivity contribution in [2.45, 2.75) is 67.2 Å². The molecule has 112 heavy (non-hydrogen) atoms. The van der Waals surface area contributed by atoms with Crippen LogP contribution in [0, 0.1) is 34.6 Å². The van der Waals surface area contributed by atoms with Crippen molar-refractivity contribution < 1.29 is 9.47 Å². The van der Waals surface area contributed by atoms with Gasteiger partial charge in [-0.05, 0) is 280 Å². The third-order valence-corrected chi connectivity index (χ3v) is 24.8. The standard InChI is InChI=1S/C106H78B2N2O2/c1-62-44-63(2)100(64(3)45-62)76-38-42-96-88(54-76)107-90-56-79(71-29-17-11-18-30-71)53-87-85-51-75(37-41-92(85)109(104(87)90)94-58-80(59-98(111-96)102(94)107)83-35-22-21-34-82(83)72-31-19-12-20-32-72)73-33-23-24-67(49-73)48-68-46-65(4)101(66(5)47-68)77-39-43-97-89(55-77)108-91-57-78(70-27-15-10-16-28-70)52-86-84-50-74(69-25-13-9-14-26-69)36-40-93(84)110(105(86)91)95-60-81(106(6,7)8)61-99(112-97)103(95)108/h9-47,49-61H,48H2,1-8H3. The Morgan fingerprint density at radius 1 is 0.286 bits per heavy atom. The van der Waals surface area contributed by atoms with Crippen molar-refractivity contribution in [1.82, 2.24) is 9.13 Å². The quantitative estimate of drug-likeness (QED) is 0.128. The van der Waals surface area contributed by atoms with Gasteiger partial charge in [0.2, 0.25) is 0 Å². The molecule has 0 bridgehead atoms. The van der Waals surface area contributed by atoms with Gasteiger partial charge in [-0.25, -0.2) is 0 Å². The number of ether oxygens (including phenoxy) is 2. The lowest BCUT2D eigenvalue weighted by Crippen LogP contribution is -2.58. The number of aromatic nitrogens is 2. The maximum atomic E-state index is 7.37. The lowest BCUT2D eigenvalue weighted by Gasteiger charge is -2.35. The third kappa shape index (κ3) is 10.3. The zero-order valence-corrected chi connectivity index (χ0v) is 64.1. The molecule has 0 saturated carbocycles. The fourth-order valence-corrected chi connectivity index (χ4v) is 20.0. The zero-order valence-electron chi connectivity index (χ0n) is 64.1. The maximum absolute atomic E-state index is 7.37. The molecular weight excluding hydrogens is 1350 g/mol. The summed E-state index contributed by atoms with van der Waals surface area (Å²) in [5.41, 5.74) is 43.8. The van der Waals surface area contributed by atoms with Gasteiger partial charge in [-0.2, -0.15) is 0 Å². The predicted octanol–water partition coefficient (Wildman–Crippen LogP) is 23.5. The van der Waals surface area contributed by atoms with Crippen LogP contribution in [0.5, 0.6) is 23.0 Å². The summed E-state index contributed by atoms with van der Waals surface area (Å²) in [5, 5.41) is 4.96. The molecule has 0 radical (unpaired) electrons.